The molecule has 1 aromatic carbocycles. The lowest BCUT2D eigenvalue weighted by Gasteiger charge is -2.29. The van der Waals surface area contributed by atoms with Crippen LogP contribution in [-0.4, -0.2) is 32.3 Å². The van der Waals surface area contributed by atoms with Gasteiger partial charge in [-0.15, -0.1) is 0 Å². The van der Waals surface area contributed by atoms with Gasteiger partial charge in [-0.1, -0.05) is 6.07 Å². The molecule has 0 bridgehead atoms. The summed E-state index contributed by atoms with van der Waals surface area (Å²) in [5.41, 5.74) is -1.32. The van der Waals surface area contributed by atoms with Crippen LogP contribution >= 0.6 is 0 Å². The fourth-order valence-electron chi connectivity index (χ4n) is 2.42. The first-order valence-corrected chi connectivity index (χ1v) is 6.54. The Morgan fingerprint density at radius 2 is 2.14 bits per heavy atom. The number of carbonyl (C=O) groups excluding carboxylic acids is 1. The van der Waals surface area contributed by atoms with Crippen LogP contribution in [0.1, 0.15) is 12.0 Å². The molecule has 1 saturated heterocycles. The van der Waals surface area contributed by atoms with Crippen molar-refractivity contribution in [2.45, 2.75) is 19.5 Å². The van der Waals surface area contributed by atoms with Crippen molar-refractivity contribution in [3.63, 3.8) is 0 Å². The van der Waals surface area contributed by atoms with Crippen LogP contribution in [0.3, 0.4) is 0 Å². The van der Waals surface area contributed by atoms with Gasteiger partial charge in [0, 0.05) is 6.54 Å². The molecular weight excluding hydrogens is 285 g/mol. The third-order valence-corrected chi connectivity index (χ3v) is 3.74. The van der Waals surface area contributed by atoms with Crippen LogP contribution in [0.15, 0.2) is 18.2 Å². The molecule has 2 rings (SSSR count). The first kappa shape index (κ1) is 15.6. The molecule has 4 nitrogen and oxygen atoms in total. The van der Waals surface area contributed by atoms with E-state index in [2.05, 4.69) is 10.6 Å². The lowest BCUT2D eigenvalue weighted by molar-refractivity contribution is -0.213. The lowest BCUT2D eigenvalue weighted by Crippen LogP contribution is -2.49. The Hall–Kier alpha value is -1.76. The van der Waals surface area contributed by atoms with Crippen LogP contribution in [0, 0.1) is 12.3 Å². The molecule has 21 heavy (non-hydrogen) atoms. The van der Waals surface area contributed by atoms with Gasteiger partial charge in [-0.25, -0.2) is 0 Å². The third kappa shape index (κ3) is 2.83. The van der Waals surface area contributed by atoms with Crippen molar-refractivity contribution in [2.24, 2.45) is 5.41 Å². The first-order valence-electron chi connectivity index (χ1n) is 6.54. The van der Waals surface area contributed by atoms with Crippen molar-refractivity contribution in [3.05, 3.63) is 23.8 Å². The molecule has 0 aromatic heterocycles. The van der Waals surface area contributed by atoms with E-state index in [4.69, 9.17) is 4.74 Å². The highest BCUT2D eigenvalue weighted by molar-refractivity contribution is 5.97. The van der Waals surface area contributed by atoms with Gasteiger partial charge in [-0.3, -0.25) is 4.79 Å². The molecule has 2 N–H and O–H groups in total. The number of halogens is 3. The summed E-state index contributed by atoms with van der Waals surface area (Å²) in [4.78, 5) is 12.2. The van der Waals surface area contributed by atoms with Crippen LogP contribution < -0.4 is 15.4 Å². The number of benzene rings is 1. The number of hydrogen-bond acceptors (Lipinski definition) is 3. The molecule has 1 aliphatic rings. The molecule has 0 aliphatic carbocycles. The monoisotopic (exact) mass is 302 g/mol. The number of rotatable bonds is 3. The number of methoxy groups -OCH3 is 1. The molecule has 1 heterocycles. The maximum Gasteiger partial charge on any atom is 0.404 e. The predicted molar refractivity (Wildman–Crippen MR) is 72.3 cm³/mol. The van der Waals surface area contributed by atoms with Crippen molar-refractivity contribution >= 4 is 11.6 Å². The molecule has 1 atom stereocenters. The number of aryl methyl sites for hydroxylation is 1. The van der Waals surface area contributed by atoms with Crippen molar-refractivity contribution < 1.29 is 22.7 Å². The van der Waals surface area contributed by atoms with Crippen LogP contribution in [0.5, 0.6) is 5.75 Å². The molecular formula is C14H17F3N2O2. The van der Waals surface area contributed by atoms with Crippen LogP contribution in [0.25, 0.3) is 0 Å². The standard InChI is InChI=1S/C14H17F3N2O2/c1-9-3-4-11(21-2)10(7-9)19-12(20)13(14(15,16)17)5-6-18-8-13/h3-4,7,18H,5-6,8H2,1-2H3,(H,19,20). The molecule has 1 unspecified atom stereocenters. The molecule has 1 amide bonds. The van der Waals surface area contributed by atoms with Gasteiger partial charge in [0.15, 0.2) is 5.41 Å². The SMILES string of the molecule is COc1ccc(C)cc1NC(=O)C1(C(F)(F)F)CCNC1. The normalized spacial score (nSPS) is 22.1. The summed E-state index contributed by atoms with van der Waals surface area (Å²) < 4.78 is 45.0. The Balaban J connectivity index is 2.30. The van der Waals surface area contributed by atoms with E-state index >= 15 is 0 Å². The van der Waals surface area contributed by atoms with Crippen molar-refractivity contribution in [3.8, 4) is 5.75 Å². The number of hydrogen-bond donors (Lipinski definition) is 2. The number of amides is 1. The van der Waals surface area contributed by atoms with Gasteiger partial charge >= 0.3 is 6.18 Å². The maximum absolute atomic E-state index is 13.3. The number of ether oxygens (including phenoxy) is 1. The zero-order chi connectivity index (χ0) is 15.7. The van der Waals surface area contributed by atoms with E-state index in [1.165, 1.54) is 7.11 Å². The number of carbonyl (C=O) groups is 1. The second-order valence-electron chi connectivity index (χ2n) is 5.16. The average Bonchev–Trinajstić information content (AvgIpc) is 2.89. The molecule has 7 heteroatoms. The summed E-state index contributed by atoms with van der Waals surface area (Å²) in [7, 11) is 1.40. The molecule has 0 saturated carbocycles. The van der Waals surface area contributed by atoms with E-state index in [0.717, 1.165) is 5.56 Å². The molecule has 116 valence electrons. The third-order valence-electron chi connectivity index (χ3n) is 3.74. The Morgan fingerprint density at radius 1 is 1.43 bits per heavy atom. The number of nitrogens with one attached hydrogen (secondary N) is 2. The topological polar surface area (TPSA) is 50.4 Å². The quantitative estimate of drug-likeness (QED) is 0.902. The van der Waals surface area contributed by atoms with Gasteiger partial charge in [0.2, 0.25) is 5.91 Å². The summed E-state index contributed by atoms with van der Waals surface area (Å²) in [5.74, 6) is -0.721. The van der Waals surface area contributed by atoms with Gasteiger partial charge in [-0.2, -0.15) is 13.2 Å². The first-order chi connectivity index (χ1) is 9.80. The molecule has 0 radical (unpaired) electrons. The van der Waals surface area contributed by atoms with Crippen molar-refractivity contribution in [1.82, 2.24) is 5.32 Å². The van der Waals surface area contributed by atoms with E-state index in [9.17, 15) is 18.0 Å². The van der Waals surface area contributed by atoms with Crippen molar-refractivity contribution in [2.75, 3.05) is 25.5 Å². The zero-order valence-electron chi connectivity index (χ0n) is 11.8. The van der Waals surface area contributed by atoms with E-state index in [1.54, 1.807) is 25.1 Å². The largest absolute Gasteiger partial charge is 0.495 e. The highest BCUT2D eigenvalue weighted by Crippen LogP contribution is 2.44. The Morgan fingerprint density at radius 3 is 2.67 bits per heavy atom. The fraction of sp³-hybridized carbons (Fsp3) is 0.500. The number of anilines is 1. The van der Waals surface area contributed by atoms with Crippen LogP contribution in [0.4, 0.5) is 18.9 Å². The highest BCUT2D eigenvalue weighted by atomic mass is 19.4. The van der Waals surface area contributed by atoms with E-state index < -0.39 is 24.0 Å². The van der Waals surface area contributed by atoms with Gasteiger partial charge in [0.1, 0.15) is 5.75 Å². The Kier molecular flexibility index (Phi) is 4.13. The summed E-state index contributed by atoms with van der Waals surface area (Å²) in [6.07, 6.45) is -4.87. The molecule has 1 aliphatic heterocycles. The second-order valence-corrected chi connectivity index (χ2v) is 5.16. The summed E-state index contributed by atoms with van der Waals surface area (Å²) >= 11 is 0. The summed E-state index contributed by atoms with van der Waals surface area (Å²) in [5, 5.41) is 4.98. The minimum Gasteiger partial charge on any atom is -0.495 e. The van der Waals surface area contributed by atoms with Gasteiger partial charge in [-0.05, 0) is 37.6 Å². The zero-order valence-corrected chi connectivity index (χ0v) is 11.8. The predicted octanol–water partition coefficient (Wildman–Crippen LogP) is 2.48. The van der Waals surface area contributed by atoms with E-state index in [0.29, 0.717) is 5.75 Å². The molecule has 1 fully saturated rings. The second kappa shape index (κ2) is 5.55. The van der Waals surface area contributed by atoms with Gasteiger partial charge in [0.05, 0.1) is 12.8 Å². The van der Waals surface area contributed by atoms with Crippen LogP contribution in [-0.2, 0) is 4.79 Å². The van der Waals surface area contributed by atoms with E-state index in [-0.39, 0.29) is 18.7 Å². The summed E-state index contributed by atoms with van der Waals surface area (Å²) in [6.45, 7) is 1.54. The minimum atomic E-state index is -4.60. The smallest absolute Gasteiger partial charge is 0.404 e. The Labute approximate surface area is 120 Å². The summed E-state index contributed by atoms with van der Waals surface area (Å²) in [6, 6.07) is 4.95. The van der Waals surface area contributed by atoms with Crippen molar-refractivity contribution in [1.29, 1.82) is 0 Å². The fourth-order valence-corrected chi connectivity index (χ4v) is 2.42. The van der Waals surface area contributed by atoms with Crippen LogP contribution in [0.2, 0.25) is 0 Å². The molecule has 1 aromatic rings. The maximum atomic E-state index is 13.3. The Bertz CT molecular complexity index is 538. The highest BCUT2D eigenvalue weighted by Gasteiger charge is 2.61. The van der Waals surface area contributed by atoms with E-state index in [1.807, 2.05) is 0 Å². The minimum absolute atomic E-state index is 0.165. The van der Waals surface area contributed by atoms with Gasteiger partial charge < -0.3 is 15.4 Å². The number of alkyl halides is 3. The lowest BCUT2D eigenvalue weighted by atomic mass is 9.85. The average molecular weight is 302 g/mol. The van der Waals surface area contributed by atoms with Gasteiger partial charge in [0.25, 0.3) is 0 Å². The molecule has 0 spiro atoms.